The fourth-order valence-corrected chi connectivity index (χ4v) is 3.88. The molecular formula is C13H20ClNS. The van der Waals surface area contributed by atoms with Crippen molar-refractivity contribution in [2.75, 3.05) is 0 Å². The van der Waals surface area contributed by atoms with Crippen LogP contribution in [0.15, 0.2) is 12.1 Å². The van der Waals surface area contributed by atoms with Crippen LogP contribution in [0.5, 0.6) is 0 Å². The molecule has 1 aliphatic rings. The molecule has 1 aromatic heterocycles. The molecule has 0 amide bonds. The molecule has 1 N–H and O–H groups in total. The van der Waals surface area contributed by atoms with E-state index in [1.54, 1.807) is 11.3 Å². The van der Waals surface area contributed by atoms with E-state index in [0.29, 0.717) is 11.5 Å². The van der Waals surface area contributed by atoms with Crippen molar-refractivity contribution in [3.63, 3.8) is 0 Å². The van der Waals surface area contributed by atoms with Crippen LogP contribution < -0.4 is 5.32 Å². The van der Waals surface area contributed by atoms with Crippen LogP contribution in [0.2, 0.25) is 4.34 Å². The lowest BCUT2D eigenvalue weighted by molar-refractivity contribution is 0.362. The number of thiophene rings is 1. The van der Waals surface area contributed by atoms with E-state index in [4.69, 9.17) is 11.6 Å². The molecule has 0 spiro atoms. The smallest absolute Gasteiger partial charge is 0.0931 e. The second kappa shape index (κ2) is 4.67. The number of nitrogens with one attached hydrogen (secondary N) is 1. The van der Waals surface area contributed by atoms with Crippen molar-refractivity contribution in [3.05, 3.63) is 21.3 Å². The van der Waals surface area contributed by atoms with E-state index in [-0.39, 0.29) is 0 Å². The van der Waals surface area contributed by atoms with Crippen molar-refractivity contribution in [2.45, 2.75) is 46.2 Å². The van der Waals surface area contributed by atoms with Crippen LogP contribution in [0.1, 0.15) is 38.5 Å². The zero-order chi connectivity index (χ0) is 11.8. The molecule has 1 heterocycles. The van der Waals surface area contributed by atoms with Crippen LogP contribution in [-0.2, 0) is 6.54 Å². The number of rotatable bonds is 3. The summed E-state index contributed by atoms with van der Waals surface area (Å²) in [5.41, 5.74) is 0.504. The molecule has 0 bridgehead atoms. The summed E-state index contributed by atoms with van der Waals surface area (Å²) < 4.78 is 0.886. The fourth-order valence-electron chi connectivity index (χ4n) is 2.85. The third-order valence-corrected chi connectivity index (χ3v) is 4.73. The summed E-state index contributed by atoms with van der Waals surface area (Å²) in [5.74, 6) is 0.783. The van der Waals surface area contributed by atoms with E-state index in [2.05, 4.69) is 32.2 Å². The van der Waals surface area contributed by atoms with E-state index in [9.17, 15) is 0 Å². The summed E-state index contributed by atoms with van der Waals surface area (Å²) in [5, 5.41) is 3.67. The molecule has 2 rings (SSSR count). The lowest BCUT2D eigenvalue weighted by atomic mass is 9.91. The van der Waals surface area contributed by atoms with Crippen LogP contribution in [-0.4, -0.2) is 6.04 Å². The van der Waals surface area contributed by atoms with Gasteiger partial charge in [0.15, 0.2) is 0 Å². The van der Waals surface area contributed by atoms with Gasteiger partial charge < -0.3 is 5.32 Å². The van der Waals surface area contributed by atoms with E-state index in [0.717, 1.165) is 16.8 Å². The maximum absolute atomic E-state index is 5.92. The highest BCUT2D eigenvalue weighted by Gasteiger charge is 2.36. The monoisotopic (exact) mass is 257 g/mol. The number of hydrogen-bond acceptors (Lipinski definition) is 2. The summed E-state index contributed by atoms with van der Waals surface area (Å²) >= 11 is 7.60. The van der Waals surface area contributed by atoms with Crippen molar-refractivity contribution < 1.29 is 0 Å². The van der Waals surface area contributed by atoms with Gasteiger partial charge in [0.05, 0.1) is 4.34 Å². The molecule has 0 saturated heterocycles. The molecule has 90 valence electrons. The van der Waals surface area contributed by atoms with E-state index in [1.807, 2.05) is 6.07 Å². The topological polar surface area (TPSA) is 12.0 Å². The van der Waals surface area contributed by atoms with E-state index in [1.165, 1.54) is 17.7 Å². The average Bonchev–Trinajstić information content (AvgIpc) is 2.67. The summed E-state index contributed by atoms with van der Waals surface area (Å²) in [4.78, 5) is 1.34. The van der Waals surface area contributed by atoms with Gasteiger partial charge in [-0.2, -0.15) is 0 Å². The van der Waals surface area contributed by atoms with E-state index < -0.39 is 0 Å². The predicted octanol–water partition coefficient (Wildman–Crippen LogP) is 4.32. The normalized spacial score (nSPS) is 28.5. The van der Waals surface area contributed by atoms with E-state index >= 15 is 0 Å². The fraction of sp³-hybridized carbons (Fsp3) is 0.692. The summed E-state index contributed by atoms with van der Waals surface area (Å²) in [7, 11) is 0. The maximum Gasteiger partial charge on any atom is 0.0931 e. The van der Waals surface area contributed by atoms with Crippen LogP contribution in [0.25, 0.3) is 0 Å². The van der Waals surface area contributed by atoms with Crippen molar-refractivity contribution >= 4 is 22.9 Å². The Labute approximate surface area is 107 Å². The van der Waals surface area contributed by atoms with Crippen molar-refractivity contribution in [2.24, 2.45) is 11.3 Å². The molecule has 2 unspecified atom stereocenters. The molecule has 1 fully saturated rings. The number of hydrogen-bond donors (Lipinski definition) is 1. The third kappa shape index (κ3) is 2.99. The van der Waals surface area contributed by atoms with Crippen molar-refractivity contribution in [1.29, 1.82) is 0 Å². The second-order valence-corrected chi connectivity index (χ2v) is 7.54. The lowest BCUT2D eigenvalue weighted by Crippen LogP contribution is -2.30. The van der Waals surface area contributed by atoms with Gasteiger partial charge in [-0.15, -0.1) is 11.3 Å². The van der Waals surface area contributed by atoms with Gasteiger partial charge in [-0.05, 0) is 36.3 Å². The molecular weight excluding hydrogens is 238 g/mol. The first kappa shape index (κ1) is 12.4. The van der Waals surface area contributed by atoms with Gasteiger partial charge in [-0.1, -0.05) is 32.4 Å². The first-order chi connectivity index (χ1) is 7.46. The number of halogens is 1. The highest BCUT2D eigenvalue weighted by atomic mass is 35.5. The second-order valence-electron chi connectivity index (χ2n) is 5.74. The van der Waals surface area contributed by atoms with Gasteiger partial charge >= 0.3 is 0 Å². The SMILES string of the molecule is CC1CC(C)(C)CC1NCc1ccc(Cl)s1. The van der Waals surface area contributed by atoms with Gasteiger partial charge in [0.2, 0.25) is 0 Å². The minimum Gasteiger partial charge on any atom is -0.309 e. The van der Waals surface area contributed by atoms with Crippen LogP contribution in [0.4, 0.5) is 0 Å². The predicted molar refractivity (Wildman–Crippen MR) is 72.1 cm³/mol. The van der Waals surface area contributed by atoms with Gasteiger partial charge in [0.25, 0.3) is 0 Å². The molecule has 3 heteroatoms. The Morgan fingerprint density at radius 1 is 1.44 bits per heavy atom. The summed E-state index contributed by atoms with van der Waals surface area (Å²) in [6, 6.07) is 4.76. The molecule has 1 aliphatic carbocycles. The highest BCUT2D eigenvalue weighted by molar-refractivity contribution is 7.16. The zero-order valence-corrected chi connectivity index (χ0v) is 11.8. The molecule has 2 atom stereocenters. The molecule has 0 aliphatic heterocycles. The summed E-state index contributed by atoms with van der Waals surface area (Å²) in [6.07, 6.45) is 2.61. The van der Waals surface area contributed by atoms with Gasteiger partial charge in [0, 0.05) is 17.5 Å². The lowest BCUT2D eigenvalue weighted by Gasteiger charge is -2.18. The standard InChI is InChI=1S/C13H20ClNS/c1-9-6-13(2,3)7-11(9)15-8-10-4-5-12(14)16-10/h4-5,9,11,15H,6-8H2,1-3H3. The Hall–Kier alpha value is -0.0500. The van der Waals surface area contributed by atoms with Crippen LogP contribution >= 0.6 is 22.9 Å². The van der Waals surface area contributed by atoms with Gasteiger partial charge in [-0.25, -0.2) is 0 Å². The third-order valence-electron chi connectivity index (χ3n) is 3.50. The maximum atomic E-state index is 5.92. The molecule has 1 aromatic rings. The van der Waals surface area contributed by atoms with Crippen molar-refractivity contribution in [1.82, 2.24) is 5.32 Å². The Kier molecular flexibility index (Phi) is 3.62. The minimum atomic E-state index is 0.504. The van der Waals surface area contributed by atoms with Gasteiger partial charge in [-0.3, -0.25) is 0 Å². The Morgan fingerprint density at radius 3 is 2.69 bits per heavy atom. The van der Waals surface area contributed by atoms with Crippen molar-refractivity contribution in [3.8, 4) is 0 Å². The molecule has 16 heavy (non-hydrogen) atoms. The highest BCUT2D eigenvalue weighted by Crippen LogP contribution is 2.41. The molecule has 0 aromatic carbocycles. The minimum absolute atomic E-state index is 0.504. The first-order valence-corrected chi connectivity index (χ1v) is 7.13. The molecule has 1 saturated carbocycles. The summed E-state index contributed by atoms with van der Waals surface area (Å²) in [6.45, 7) is 8.05. The quantitative estimate of drug-likeness (QED) is 0.851. The first-order valence-electron chi connectivity index (χ1n) is 5.94. The largest absolute Gasteiger partial charge is 0.309 e. The van der Waals surface area contributed by atoms with Crippen LogP contribution in [0.3, 0.4) is 0 Å². The Bertz CT molecular complexity index is 359. The average molecular weight is 258 g/mol. The molecule has 0 radical (unpaired) electrons. The Balaban J connectivity index is 1.87. The Morgan fingerprint density at radius 2 is 2.19 bits per heavy atom. The molecule has 1 nitrogen and oxygen atoms in total. The van der Waals surface area contributed by atoms with Gasteiger partial charge in [0.1, 0.15) is 0 Å². The van der Waals surface area contributed by atoms with Crippen LogP contribution in [0, 0.1) is 11.3 Å². The zero-order valence-electron chi connectivity index (χ0n) is 10.2.